The van der Waals surface area contributed by atoms with Crippen LogP contribution in [0.2, 0.25) is 5.02 Å². The van der Waals surface area contributed by atoms with Gasteiger partial charge in [0.25, 0.3) is 0 Å². The Kier molecular flexibility index (Phi) is 5.34. The molecule has 0 saturated carbocycles. The van der Waals surface area contributed by atoms with Crippen molar-refractivity contribution in [1.82, 2.24) is 4.31 Å². The lowest BCUT2D eigenvalue weighted by Gasteiger charge is -2.18. The minimum absolute atomic E-state index is 0.00580. The van der Waals surface area contributed by atoms with Crippen LogP contribution in [0.3, 0.4) is 0 Å². The van der Waals surface area contributed by atoms with Gasteiger partial charge in [-0.25, -0.2) is 12.7 Å². The summed E-state index contributed by atoms with van der Waals surface area (Å²) in [6.07, 6.45) is 0.00580. The molecule has 0 aliphatic heterocycles. The number of ether oxygens (including phenoxy) is 1. The van der Waals surface area contributed by atoms with Crippen molar-refractivity contribution in [1.29, 1.82) is 0 Å². The fourth-order valence-electron chi connectivity index (χ4n) is 1.51. The van der Waals surface area contributed by atoms with Crippen molar-refractivity contribution >= 4 is 27.6 Å². The number of rotatable bonds is 5. The van der Waals surface area contributed by atoms with Crippen LogP contribution in [-0.4, -0.2) is 39.4 Å². The second-order valence-electron chi connectivity index (χ2n) is 4.02. The summed E-state index contributed by atoms with van der Waals surface area (Å²) in [7, 11) is -0.978. The Bertz CT molecular complexity index is 571. The van der Waals surface area contributed by atoms with Crippen molar-refractivity contribution in [3.63, 3.8) is 0 Å². The number of hydrogen-bond acceptors (Lipinski definition) is 4. The Labute approximate surface area is 118 Å². The number of carbonyl (C=O) groups excluding carboxylic acids is 1. The van der Waals surface area contributed by atoms with Crippen LogP contribution in [0.25, 0.3) is 0 Å². The second-order valence-corrected chi connectivity index (χ2v) is 6.44. The lowest BCUT2D eigenvalue weighted by Crippen LogP contribution is -2.30. The molecule has 5 nitrogen and oxygen atoms in total. The highest BCUT2D eigenvalue weighted by Crippen LogP contribution is 2.24. The van der Waals surface area contributed by atoms with E-state index in [0.717, 1.165) is 4.31 Å². The molecule has 0 atom stereocenters. The van der Waals surface area contributed by atoms with Gasteiger partial charge in [-0.05, 0) is 24.6 Å². The van der Waals surface area contributed by atoms with E-state index in [2.05, 4.69) is 4.74 Å². The molecule has 0 heterocycles. The van der Waals surface area contributed by atoms with E-state index in [1.54, 1.807) is 19.1 Å². The summed E-state index contributed by atoms with van der Waals surface area (Å²) in [5.74, 6) is -0.454. The first-order valence-corrected chi connectivity index (χ1v) is 7.40. The summed E-state index contributed by atoms with van der Waals surface area (Å²) in [6, 6.07) is 4.70. The molecule has 0 aliphatic carbocycles. The molecule has 0 saturated heterocycles. The van der Waals surface area contributed by atoms with Gasteiger partial charge in [0.05, 0.1) is 18.4 Å². The van der Waals surface area contributed by atoms with E-state index in [-0.39, 0.29) is 17.9 Å². The van der Waals surface area contributed by atoms with Crippen LogP contribution in [0.15, 0.2) is 23.1 Å². The average Bonchev–Trinajstić information content (AvgIpc) is 2.38. The fraction of sp³-hybridized carbons (Fsp3) is 0.417. The van der Waals surface area contributed by atoms with Gasteiger partial charge in [0.15, 0.2) is 0 Å². The third-order valence-corrected chi connectivity index (χ3v) is 5.18. The zero-order valence-corrected chi connectivity index (χ0v) is 12.6. The van der Waals surface area contributed by atoms with E-state index in [9.17, 15) is 13.2 Å². The summed E-state index contributed by atoms with van der Waals surface area (Å²) < 4.78 is 30.2. The highest BCUT2D eigenvalue weighted by molar-refractivity contribution is 7.89. The topological polar surface area (TPSA) is 63.7 Å². The average molecular weight is 306 g/mol. The zero-order chi connectivity index (χ0) is 14.6. The third kappa shape index (κ3) is 3.68. The molecular weight excluding hydrogens is 290 g/mol. The first-order chi connectivity index (χ1) is 8.80. The van der Waals surface area contributed by atoms with Gasteiger partial charge >= 0.3 is 5.97 Å². The quantitative estimate of drug-likeness (QED) is 0.779. The van der Waals surface area contributed by atoms with Crippen molar-refractivity contribution in [3.8, 4) is 0 Å². The molecule has 0 radical (unpaired) electrons. The molecule has 0 unspecified atom stereocenters. The fourth-order valence-corrected chi connectivity index (χ4v) is 3.15. The van der Waals surface area contributed by atoms with Crippen LogP contribution in [0, 0.1) is 6.92 Å². The van der Waals surface area contributed by atoms with Crippen molar-refractivity contribution in [2.24, 2.45) is 0 Å². The van der Waals surface area contributed by atoms with Crippen LogP contribution in [0.4, 0.5) is 0 Å². The molecule has 1 aromatic carbocycles. The monoisotopic (exact) mass is 305 g/mol. The van der Waals surface area contributed by atoms with E-state index in [0.29, 0.717) is 10.6 Å². The predicted octanol–water partition coefficient (Wildman–Crippen LogP) is 1.83. The SMILES string of the molecule is COC(=O)CCN(C)S(=O)(=O)c1cccc(Cl)c1C. The molecule has 0 bridgehead atoms. The van der Waals surface area contributed by atoms with E-state index < -0.39 is 16.0 Å². The molecule has 0 spiro atoms. The van der Waals surface area contributed by atoms with Gasteiger partial charge < -0.3 is 4.74 Å². The minimum Gasteiger partial charge on any atom is -0.469 e. The van der Waals surface area contributed by atoms with Gasteiger partial charge in [0.1, 0.15) is 0 Å². The molecule has 0 fully saturated rings. The second kappa shape index (κ2) is 6.36. The molecule has 1 aromatic rings. The van der Waals surface area contributed by atoms with Gasteiger partial charge in [-0.3, -0.25) is 4.79 Å². The molecule has 0 N–H and O–H groups in total. The molecule has 0 aliphatic rings. The summed E-state index contributed by atoms with van der Waals surface area (Å²) >= 11 is 5.92. The van der Waals surface area contributed by atoms with Crippen molar-refractivity contribution in [2.45, 2.75) is 18.2 Å². The Hall–Kier alpha value is -1.11. The molecule has 19 heavy (non-hydrogen) atoms. The van der Waals surface area contributed by atoms with Gasteiger partial charge in [0, 0.05) is 18.6 Å². The molecular formula is C12H16ClNO4S. The van der Waals surface area contributed by atoms with E-state index in [4.69, 9.17) is 11.6 Å². The molecule has 106 valence electrons. The zero-order valence-electron chi connectivity index (χ0n) is 11.0. The Morgan fingerprint density at radius 2 is 2.05 bits per heavy atom. The predicted molar refractivity (Wildman–Crippen MR) is 72.6 cm³/mol. The van der Waals surface area contributed by atoms with Crippen molar-refractivity contribution in [2.75, 3.05) is 20.7 Å². The molecule has 1 rings (SSSR count). The highest BCUT2D eigenvalue weighted by Gasteiger charge is 2.23. The van der Waals surface area contributed by atoms with Crippen LogP contribution < -0.4 is 0 Å². The first kappa shape index (κ1) is 15.9. The Morgan fingerprint density at radius 3 is 2.63 bits per heavy atom. The largest absolute Gasteiger partial charge is 0.469 e. The van der Waals surface area contributed by atoms with Gasteiger partial charge in [-0.15, -0.1) is 0 Å². The number of nitrogens with zero attached hydrogens (tertiary/aromatic N) is 1. The summed E-state index contributed by atoms with van der Waals surface area (Å²) in [4.78, 5) is 11.2. The number of hydrogen-bond donors (Lipinski definition) is 0. The van der Waals surface area contributed by atoms with E-state index in [1.807, 2.05) is 0 Å². The van der Waals surface area contributed by atoms with Gasteiger partial charge in [-0.2, -0.15) is 0 Å². The Balaban J connectivity index is 2.97. The number of carbonyl (C=O) groups is 1. The van der Waals surface area contributed by atoms with Crippen LogP contribution >= 0.6 is 11.6 Å². The number of sulfonamides is 1. The highest BCUT2D eigenvalue weighted by atomic mass is 35.5. The summed E-state index contributed by atoms with van der Waals surface area (Å²) in [6.45, 7) is 1.70. The minimum atomic E-state index is -3.65. The maximum Gasteiger partial charge on any atom is 0.306 e. The van der Waals surface area contributed by atoms with Gasteiger partial charge in [0.2, 0.25) is 10.0 Å². The lowest BCUT2D eigenvalue weighted by atomic mass is 10.2. The smallest absolute Gasteiger partial charge is 0.306 e. The standard InChI is InChI=1S/C12H16ClNO4S/c1-9-10(13)5-4-6-11(9)19(16,17)14(2)8-7-12(15)18-3/h4-6H,7-8H2,1-3H3. The molecule has 0 amide bonds. The lowest BCUT2D eigenvalue weighted by molar-refractivity contribution is -0.140. The third-order valence-electron chi connectivity index (χ3n) is 2.76. The maximum absolute atomic E-state index is 12.3. The van der Waals surface area contributed by atoms with Crippen molar-refractivity contribution in [3.05, 3.63) is 28.8 Å². The number of benzene rings is 1. The Morgan fingerprint density at radius 1 is 1.42 bits per heavy atom. The van der Waals surface area contributed by atoms with Crippen LogP contribution in [0.1, 0.15) is 12.0 Å². The normalized spacial score (nSPS) is 11.6. The van der Waals surface area contributed by atoms with Crippen LogP contribution in [-0.2, 0) is 19.6 Å². The van der Waals surface area contributed by atoms with Gasteiger partial charge in [-0.1, -0.05) is 17.7 Å². The molecule has 7 heteroatoms. The van der Waals surface area contributed by atoms with Crippen molar-refractivity contribution < 1.29 is 17.9 Å². The number of halogens is 1. The maximum atomic E-state index is 12.3. The number of esters is 1. The number of methoxy groups -OCH3 is 1. The summed E-state index contributed by atoms with van der Waals surface area (Å²) in [5.41, 5.74) is 0.495. The molecule has 0 aromatic heterocycles. The summed E-state index contributed by atoms with van der Waals surface area (Å²) in [5, 5.41) is 0.391. The first-order valence-electron chi connectivity index (χ1n) is 5.59. The van der Waals surface area contributed by atoms with Crippen LogP contribution in [0.5, 0.6) is 0 Å². The van der Waals surface area contributed by atoms with E-state index in [1.165, 1.54) is 20.2 Å². The van der Waals surface area contributed by atoms with E-state index >= 15 is 0 Å².